The monoisotopic (exact) mass is 283 g/mol. The molecule has 0 aliphatic carbocycles. The van der Waals surface area contributed by atoms with Gasteiger partial charge in [-0.1, -0.05) is 13.0 Å². The van der Waals surface area contributed by atoms with Crippen LogP contribution in [-0.4, -0.2) is 25.5 Å². The minimum atomic E-state index is -5.51. The van der Waals surface area contributed by atoms with Crippen LogP contribution in [0.2, 0.25) is 0 Å². The lowest BCUT2D eigenvalue weighted by Crippen LogP contribution is -2.26. The van der Waals surface area contributed by atoms with E-state index in [1.807, 2.05) is 6.92 Å². The zero-order chi connectivity index (χ0) is 13.8. The summed E-state index contributed by atoms with van der Waals surface area (Å²) in [4.78, 5) is 3.98. The number of nitrogens with zero attached hydrogens (tertiary/aromatic N) is 1. The molecule has 1 aromatic rings. The number of alkyl halides is 3. The summed E-state index contributed by atoms with van der Waals surface area (Å²) in [6, 6.07) is 3.41. The van der Waals surface area contributed by atoms with Gasteiger partial charge in [0, 0.05) is 18.3 Å². The Hall–Kier alpha value is -1.15. The van der Waals surface area contributed by atoms with Gasteiger partial charge in [0.25, 0.3) is 0 Å². The maximum atomic E-state index is 11.9. The molecule has 0 aliphatic rings. The van der Waals surface area contributed by atoms with Gasteiger partial charge in [0.2, 0.25) is 0 Å². The number of pyridine rings is 1. The van der Waals surface area contributed by atoms with Gasteiger partial charge >= 0.3 is 15.6 Å². The number of hydrogen-bond acceptors (Lipinski definition) is 4. The van der Waals surface area contributed by atoms with Crippen LogP contribution in [0.25, 0.3) is 0 Å². The van der Waals surface area contributed by atoms with E-state index in [9.17, 15) is 21.6 Å². The lowest BCUT2D eigenvalue weighted by Gasteiger charge is -2.08. The molecule has 18 heavy (non-hydrogen) atoms. The van der Waals surface area contributed by atoms with Crippen LogP contribution in [0.3, 0.4) is 0 Å². The largest absolute Gasteiger partial charge is 0.523 e. The zero-order valence-electron chi connectivity index (χ0n) is 9.57. The molecule has 8 heteroatoms. The minimum absolute atomic E-state index is 0.000690. The Morgan fingerprint density at radius 2 is 2.00 bits per heavy atom. The van der Waals surface area contributed by atoms with Gasteiger partial charge in [-0.15, -0.1) is 0 Å². The van der Waals surface area contributed by atoms with Crippen molar-refractivity contribution in [1.82, 2.24) is 4.98 Å². The summed E-state index contributed by atoms with van der Waals surface area (Å²) in [6.07, 6.45) is 2.39. The van der Waals surface area contributed by atoms with Crippen molar-refractivity contribution in [2.45, 2.75) is 25.3 Å². The Bertz CT molecular complexity index is 482. The van der Waals surface area contributed by atoms with E-state index in [-0.39, 0.29) is 6.42 Å². The summed E-state index contributed by atoms with van der Waals surface area (Å²) in [5, 5.41) is 0. The predicted octanol–water partition coefficient (Wildman–Crippen LogP) is 2.05. The number of aryl methyl sites for hydroxylation is 1. The van der Waals surface area contributed by atoms with Gasteiger partial charge in [-0.05, 0) is 18.1 Å². The van der Waals surface area contributed by atoms with Gasteiger partial charge in [0.05, 0.1) is 6.61 Å². The van der Waals surface area contributed by atoms with Crippen molar-refractivity contribution in [1.29, 1.82) is 0 Å². The van der Waals surface area contributed by atoms with Gasteiger partial charge in [0.15, 0.2) is 0 Å². The third kappa shape index (κ3) is 3.95. The van der Waals surface area contributed by atoms with Crippen molar-refractivity contribution in [3.63, 3.8) is 0 Å². The topological polar surface area (TPSA) is 56.3 Å². The van der Waals surface area contributed by atoms with E-state index in [1.54, 1.807) is 18.3 Å². The molecule has 0 saturated heterocycles. The van der Waals surface area contributed by atoms with E-state index in [0.717, 1.165) is 12.0 Å². The van der Waals surface area contributed by atoms with E-state index in [0.29, 0.717) is 5.69 Å². The zero-order valence-corrected chi connectivity index (χ0v) is 10.4. The summed E-state index contributed by atoms with van der Waals surface area (Å²) in [6.45, 7) is 1.36. The normalized spacial score (nSPS) is 12.7. The Labute approximate surface area is 103 Å². The molecular formula is C10H12F3NO3S. The molecule has 0 amide bonds. The van der Waals surface area contributed by atoms with Crippen LogP contribution in [-0.2, 0) is 27.1 Å². The first-order chi connectivity index (χ1) is 8.26. The summed E-state index contributed by atoms with van der Waals surface area (Å²) < 4.78 is 60.8. The first-order valence-electron chi connectivity index (χ1n) is 5.16. The molecule has 102 valence electrons. The second-order valence-corrected chi connectivity index (χ2v) is 5.09. The highest BCUT2D eigenvalue weighted by atomic mass is 32.2. The Kier molecular flexibility index (Phi) is 4.69. The molecule has 1 aromatic heterocycles. The quantitative estimate of drug-likeness (QED) is 0.613. The maximum absolute atomic E-state index is 11.9. The van der Waals surface area contributed by atoms with Crippen molar-refractivity contribution in [3.8, 4) is 0 Å². The van der Waals surface area contributed by atoms with E-state index < -0.39 is 22.2 Å². The summed E-state index contributed by atoms with van der Waals surface area (Å²) >= 11 is 0. The molecular weight excluding hydrogens is 271 g/mol. The molecule has 0 aromatic carbocycles. The van der Waals surface area contributed by atoms with Crippen LogP contribution in [0.5, 0.6) is 0 Å². The maximum Gasteiger partial charge on any atom is 0.523 e. The van der Waals surface area contributed by atoms with Crippen LogP contribution < -0.4 is 0 Å². The fourth-order valence-corrected chi connectivity index (χ4v) is 1.57. The van der Waals surface area contributed by atoms with Crippen molar-refractivity contribution < 1.29 is 25.8 Å². The molecule has 4 nitrogen and oxygen atoms in total. The third-order valence-corrected chi connectivity index (χ3v) is 3.22. The summed E-state index contributed by atoms with van der Waals surface area (Å²) in [5.74, 6) is 0. The number of halogens is 3. The van der Waals surface area contributed by atoms with Crippen molar-refractivity contribution >= 4 is 10.1 Å². The average molecular weight is 283 g/mol. The highest BCUT2D eigenvalue weighted by Gasteiger charge is 2.47. The first-order valence-corrected chi connectivity index (χ1v) is 6.56. The number of rotatable bonds is 5. The second kappa shape index (κ2) is 5.66. The third-order valence-electron chi connectivity index (χ3n) is 2.17. The molecule has 0 spiro atoms. The Morgan fingerprint density at radius 1 is 1.33 bits per heavy atom. The van der Waals surface area contributed by atoms with Gasteiger partial charge in [-0.3, -0.25) is 9.17 Å². The highest BCUT2D eigenvalue weighted by Crippen LogP contribution is 2.24. The standard InChI is InChI=1S/C10H12F3NO3S/c1-2-8-3-4-9(14-7-8)5-6-17-18(15,16)10(11,12)13/h3-4,7H,2,5-6H2,1H3. The van der Waals surface area contributed by atoms with Gasteiger partial charge < -0.3 is 0 Å². The molecule has 1 heterocycles. The van der Waals surface area contributed by atoms with Crippen molar-refractivity contribution in [3.05, 3.63) is 29.6 Å². The van der Waals surface area contributed by atoms with Crippen LogP contribution in [0.15, 0.2) is 18.3 Å². The number of hydrogen-bond donors (Lipinski definition) is 0. The minimum Gasteiger partial charge on any atom is -0.263 e. The fraction of sp³-hybridized carbons (Fsp3) is 0.500. The van der Waals surface area contributed by atoms with Gasteiger partial charge in [-0.2, -0.15) is 21.6 Å². The lowest BCUT2D eigenvalue weighted by molar-refractivity contribution is -0.0541. The lowest BCUT2D eigenvalue weighted by atomic mass is 10.2. The van der Waals surface area contributed by atoms with Crippen LogP contribution in [0, 0.1) is 0 Å². The van der Waals surface area contributed by atoms with E-state index >= 15 is 0 Å². The second-order valence-electron chi connectivity index (χ2n) is 3.48. The molecule has 0 saturated carbocycles. The SMILES string of the molecule is CCc1ccc(CCOS(=O)(=O)C(F)(F)F)nc1. The fourth-order valence-electron chi connectivity index (χ4n) is 1.13. The molecule has 0 fully saturated rings. The van der Waals surface area contributed by atoms with Gasteiger partial charge in [0.1, 0.15) is 0 Å². The molecule has 0 unspecified atom stereocenters. The molecule has 0 radical (unpaired) electrons. The Balaban J connectivity index is 2.52. The van der Waals surface area contributed by atoms with Gasteiger partial charge in [-0.25, -0.2) is 0 Å². The Morgan fingerprint density at radius 3 is 2.44 bits per heavy atom. The number of aromatic nitrogens is 1. The van der Waals surface area contributed by atoms with E-state index in [2.05, 4.69) is 9.17 Å². The molecule has 0 atom stereocenters. The highest BCUT2D eigenvalue weighted by molar-refractivity contribution is 7.87. The first kappa shape index (κ1) is 14.9. The van der Waals surface area contributed by atoms with E-state index in [1.165, 1.54) is 0 Å². The summed E-state index contributed by atoms with van der Waals surface area (Å²) in [5.41, 5.74) is -3.92. The summed E-state index contributed by atoms with van der Waals surface area (Å²) in [7, 11) is -5.51. The van der Waals surface area contributed by atoms with Crippen LogP contribution >= 0.6 is 0 Å². The predicted molar refractivity (Wildman–Crippen MR) is 58.2 cm³/mol. The molecule has 1 rings (SSSR count). The molecule has 0 N–H and O–H groups in total. The molecule has 0 bridgehead atoms. The van der Waals surface area contributed by atoms with Crippen LogP contribution in [0.1, 0.15) is 18.2 Å². The van der Waals surface area contributed by atoms with Crippen molar-refractivity contribution in [2.75, 3.05) is 6.61 Å². The van der Waals surface area contributed by atoms with Crippen LogP contribution in [0.4, 0.5) is 13.2 Å². The average Bonchev–Trinajstić information content (AvgIpc) is 2.28. The van der Waals surface area contributed by atoms with E-state index in [4.69, 9.17) is 0 Å². The van der Waals surface area contributed by atoms with Crippen molar-refractivity contribution in [2.24, 2.45) is 0 Å². The molecule has 0 aliphatic heterocycles. The smallest absolute Gasteiger partial charge is 0.263 e.